The van der Waals surface area contributed by atoms with Crippen LogP contribution in [0.5, 0.6) is 5.75 Å². The number of nitrogens with two attached hydrogens (primary N) is 1. The lowest BCUT2D eigenvalue weighted by Gasteiger charge is -2.10. The van der Waals surface area contributed by atoms with E-state index in [1.807, 2.05) is 37.3 Å². The number of hydrogen-bond acceptors (Lipinski definition) is 3. The maximum Gasteiger partial charge on any atom is 0.121 e. The molecule has 0 amide bonds. The fraction of sp³-hybridized carbons (Fsp3) is 0.133. The van der Waals surface area contributed by atoms with Gasteiger partial charge in [-0.2, -0.15) is 0 Å². The predicted molar refractivity (Wildman–Crippen MR) is 88.2 cm³/mol. The van der Waals surface area contributed by atoms with Gasteiger partial charge in [0.25, 0.3) is 0 Å². The Morgan fingerprint density at radius 1 is 1.25 bits per heavy atom. The zero-order chi connectivity index (χ0) is 14.5. The van der Waals surface area contributed by atoms with Crippen LogP contribution in [0.25, 0.3) is 0 Å². The van der Waals surface area contributed by atoms with E-state index in [2.05, 4.69) is 5.32 Å². The highest BCUT2D eigenvalue weighted by Gasteiger charge is 2.05. The van der Waals surface area contributed by atoms with Gasteiger partial charge in [-0.25, -0.2) is 0 Å². The number of ether oxygens (including phenoxy) is 1. The van der Waals surface area contributed by atoms with E-state index < -0.39 is 0 Å². The molecular weight excluding hydrogens is 292 g/mol. The van der Waals surface area contributed by atoms with Crippen molar-refractivity contribution in [1.82, 2.24) is 0 Å². The molecule has 0 aliphatic heterocycles. The average Bonchev–Trinajstić information content (AvgIpc) is 2.39. The van der Waals surface area contributed by atoms with Crippen LogP contribution in [0.1, 0.15) is 12.5 Å². The van der Waals surface area contributed by atoms with Crippen molar-refractivity contribution in [1.29, 1.82) is 0 Å². The molecule has 0 aliphatic rings. The van der Waals surface area contributed by atoms with Crippen molar-refractivity contribution in [2.45, 2.75) is 6.92 Å². The van der Waals surface area contributed by atoms with Gasteiger partial charge in [0.1, 0.15) is 10.7 Å². The van der Waals surface area contributed by atoms with Crippen LogP contribution in [-0.4, -0.2) is 11.6 Å². The minimum Gasteiger partial charge on any atom is -0.494 e. The lowest BCUT2D eigenvalue weighted by molar-refractivity contribution is 0.340. The van der Waals surface area contributed by atoms with E-state index in [9.17, 15) is 0 Å². The second kappa shape index (κ2) is 6.59. The van der Waals surface area contributed by atoms with Crippen molar-refractivity contribution in [2.75, 3.05) is 11.9 Å². The van der Waals surface area contributed by atoms with Crippen molar-refractivity contribution >= 4 is 40.2 Å². The van der Waals surface area contributed by atoms with E-state index in [-0.39, 0.29) is 0 Å². The van der Waals surface area contributed by atoms with Crippen molar-refractivity contribution in [3.05, 3.63) is 53.1 Å². The van der Waals surface area contributed by atoms with Gasteiger partial charge in [0.05, 0.1) is 11.6 Å². The number of hydrogen-bond donors (Lipinski definition) is 2. The molecule has 5 heteroatoms. The molecule has 0 unspecified atom stereocenters. The molecule has 2 rings (SSSR count). The standard InChI is InChI=1S/C15H15ClN2OS/c1-2-19-12-5-3-4-10(8-12)18-11-6-7-13(15(17)20)14(16)9-11/h3-9,18H,2H2,1H3,(H2,17,20). The fourth-order valence-corrected chi connectivity index (χ4v) is 2.31. The SMILES string of the molecule is CCOc1cccc(Nc2ccc(C(N)=S)c(Cl)c2)c1. The lowest BCUT2D eigenvalue weighted by atomic mass is 10.2. The van der Waals surface area contributed by atoms with E-state index in [4.69, 9.17) is 34.3 Å². The number of halogens is 1. The van der Waals surface area contributed by atoms with Gasteiger partial charge < -0.3 is 15.8 Å². The summed E-state index contributed by atoms with van der Waals surface area (Å²) in [5, 5.41) is 3.79. The van der Waals surface area contributed by atoms with Crippen LogP contribution in [0, 0.1) is 0 Å². The van der Waals surface area contributed by atoms with E-state index in [1.165, 1.54) is 0 Å². The molecule has 0 bridgehead atoms. The first-order valence-electron chi connectivity index (χ1n) is 6.19. The molecular formula is C15H15ClN2OS. The van der Waals surface area contributed by atoms with E-state index in [0.717, 1.165) is 17.1 Å². The molecule has 104 valence electrons. The van der Waals surface area contributed by atoms with Crippen LogP contribution in [0.4, 0.5) is 11.4 Å². The molecule has 2 aromatic carbocycles. The molecule has 0 aromatic heterocycles. The molecule has 0 heterocycles. The van der Waals surface area contributed by atoms with Gasteiger partial charge in [0.2, 0.25) is 0 Å². The second-order valence-electron chi connectivity index (χ2n) is 4.14. The summed E-state index contributed by atoms with van der Waals surface area (Å²) < 4.78 is 5.46. The van der Waals surface area contributed by atoms with Crippen LogP contribution in [0.3, 0.4) is 0 Å². The predicted octanol–water partition coefficient (Wildman–Crippen LogP) is 4.12. The van der Waals surface area contributed by atoms with Gasteiger partial charge >= 0.3 is 0 Å². The van der Waals surface area contributed by atoms with Crippen LogP contribution >= 0.6 is 23.8 Å². The van der Waals surface area contributed by atoms with Crippen LogP contribution in [0.15, 0.2) is 42.5 Å². The van der Waals surface area contributed by atoms with E-state index >= 15 is 0 Å². The summed E-state index contributed by atoms with van der Waals surface area (Å²) in [5.74, 6) is 0.823. The zero-order valence-electron chi connectivity index (χ0n) is 11.0. The highest BCUT2D eigenvalue weighted by Crippen LogP contribution is 2.25. The van der Waals surface area contributed by atoms with Crippen LogP contribution in [0.2, 0.25) is 5.02 Å². The summed E-state index contributed by atoms with van der Waals surface area (Å²) in [6.45, 7) is 2.59. The molecule has 0 fully saturated rings. The third kappa shape index (κ3) is 3.62. The first-order valence-corrected chi connectivity index (χ1v) is 6.98. The minimum atomic E-state index is 0.292. The molecule has 0 aliphatic carbocycles. The minimum absolute atomic E-state index is 0.292. The smallest absolute Gasteiger partial charge is 0.121 e. The summed E-state index contributed by atoms with van der Waals surface area (Å²) in [6.07, 6.45) is 0. The number of anilines is 2. The van der Waals surface area contributed by atoms with Gasteiger partial charge in [-0.1, -0.05) is 29.9 Å². The average molecular weight is 307 g/mol. The molecule has 3 N–H and O–H groups in total. The molecule has 2 aromatic rings. The van der Waals surface area contributed by atoms with Crippen molar-refractivity contribution in [3.8, 4) is 5.75 Å². The Labute approximate surface area is 128 Å². The number of rotatable bonds is 5. The van der Waals surface area contributed by atoms with Gasteiger partial charge in [0.15, 0.2) is 0 Å². The van der Waals surface area contributed by atoms with Crippen molar-refractivity contribution in [3.63, 3.8) is 0 Å². The Morgan fingerprint density at radius 2 is 2.00 bits per heavy atom. The largest absolute Gasteiger partial charge is 0.494 e. The Hall–Kier alpha value is -1.78. The van der Waals surface area contributed by atoms with Crippen LogP contribution in [-0.2, 0) is 0 Å². The van der Waals surface area contributed by atoms with Gasteiger partial charge in [0, 0.05) is 23.0 Å². The monoisotopic (exact) mass is 306 g/mol. The molecule has 3 nitrogen and oxygen atoms in total. The maximum absolute atomic E-state index is 6.14. The van der Waals surface area contributed by atoms with E-state index in [1.54, 1.807) is 12.1 Å². The third-order valence-corrected chi connectivity index (χ3v) is 3.20. The highest BCUT2D eigenvalue weighted by molar-refractivity contribution is 7.80. The number of nitrogens with one attached hydrogen (secondary N) is 1. The van der Waals surface area contributed by atoms with E-state index in [0.29, 0.717) is 22.2 Å². The zero-order valence-corrected chi connectivity index (χ0v) is 12.6. The Bertz CT molecular complexity index is 631. The summed E-state index contributed by atoms with van der Waals surface area (Å²) in [6, 6.07) is 13.2. The third-order valence-electron chi connectivity index (χ3n) is 2.67. The topological polar surface area (TPSA) is 47.3 Å². The first-order chi connectivity index (χ1) is 9.60. The summed E-state index contributed by atoms with van der Waals surface area (Å²) in [5.41, 5.74) is 8.05. The molecule has 0 atom stereocenters. The van der Waals surface area contributed by atoms with Gasteiger partial charge in [-0.3, -0.25) is 0 Å². The number of benzene rings is 2. The van der Waals surface area contributed by atoms with Crippen molar-refractivity contribution < 1.29 is 4.74 Å². The van der Waals surface area contributed by atoms with Crippen molar-refractivity contribution in [2.24, 2.45) is 5.73 Å². The lowest BCUT2D eigenvalue weighted by Crippen LogP contribution is -2.09. The fourth-order valence-electron chi connectivity index (χ4n) is 1.79. The molecule has 0 saturated heterocycles. The molecule has 0 saturated carbocycles. The number of thiocarbonyl (C=S) groups is 1. The highest BCUT2D eigenvalue weighted by atomic mass is 35.5. The second-order valence-corrected chi connectivity index (χ2v) is 4.99. The van der Waals surface area contributed by atoms with Gasteiger partial charge in [-0.15, -0.1) is 0 Å². The van der Waals surface area contributed by atoms with Gasteiger partial charge in [-0.05, 0) is 37.3 Å². The Balaban J connectivity index is 2.19. The van der Waals surface area contributed by atoms with Crippen LogP contribution < -0.4 is 15.8 Å². The maximum atomic E-state index is 6.14. The molecule has 20 heavy (non-hydrogen) atoms. The summed E-state index contributed by atoms with van der Waals surface area (Å²) >= 11 is 11.1. The summed E-state index contributed by atoms with van der Waals surface area (Å²) in [4.78, 5) is 0.292. The summed E-state index contributed by atoms with van der Waals surface area (Å²) in [7, 11) is 0. The molecule has 0 spiro atoms. The Morgan fingerprint density at radius 3 is 2.65 bits per heavy atom. The molecule has 0 radical (unpaired) electrons. The quantitative estimate of drug-likeness (QED) is 0.816. The normalized spacial score (nSPS) is 10.1. The first kappa shape index (κ1) is 14.6. The Kier molecular flexibility index (Phi) is 4.82.